The lowest BCUT2D eigenvalue weighted by Crippen LogP contribution is -2.36. The Hall–Kier alpha value is -0.610. The standard InChI is InChI=1S/C14H22BrN3/c1-10-4-3-5-13(6-10)18(2)14-11(8-16)7-12(15)9-17-14/h7,9-10,13H,3-6,8,16H2,1-2H3. The van der Waals surface area contributed by atoms with Crippen LogP contribution in [-0.4, -0.2) is 18.1 Å². The fourth-order valence-corrected chi connectivity index (χ4v) is 3.25. The molecule has 0 aromatic carbocycles. The molecule has 1 saturated carbocycles. The molecule has 0 amide bonds. The minimum Gasteiger partial charge on any atom is -0.356 e. The largest absolute Gasteiger partial charge is 0.356 e. The van der Waals surface area contributed by atoms with Gasteiger partial charge in [0, 0.05) is 35.9 Å². The van der Waals surface area contributed by atoms with Crippen LogP contribution in [-0.2, 0) is 6.54 Å². The molecule has 0 radical (unpaired) electrons. The van der Waals surface area contributed by atoms with Gasteiger partial charge in [0.15, 0.2) is 0 Å². The van der Waals surface area contributed by atoms with E-state index in [4.69, 9.17) is 5.73 Å². The number of pyridine rings is 1. The predicted molar refractivity (Wildman–Crippen MR) is 79.7 cm³/mol. The molecule has 4 heteroatoms. The molecule has 1 aromatic heterocycles. The molecule has 1 aromatic rings. The molecule has 1 fully saturated rings. The van der Waals surface area contributed by atoms with Gasteiger partial charge >= 0.3 is 0 Å². The number of halogens is 1. The summed E-state index contributed by atoms with van der Waals surface area (Å²) in [5.74, 6) is 1.86. The SMILES string of the molecule is CC1CCCC(N(C)c2ncc(Br)cc2CN)C1. The molecule has 3 nitrogen and oxygen atoms in total. The monoisotopic (exact) mass is 311 g/mol. The minimum atomic E-state index is 0.536. The van der Waals surface area contributed by atoms with Crippen molar-refractivity contribution in [2.75, 3.05) is 11.9 Å². The molecule has 0 saturated heterocycles. The summed E-state index contributed by atoms with van der Waals surface area (Å²) in [5, 5.41) is 0. The van der Waals surface area contributed by atoms with E-state index in [-0.39, 0.29) is 0 Å². The van der Waals surface area contributed by atoms with E-state index in [9.17, 15) is 0 Å². The van der Waals surface area contributed by atoms with Gasteiger partial charge in [-0.25, -0.2) is 4.98 Å². The maximum absolute atomic E-state index is 5.83. The minimum absolute atomic E-state index is 0.536. The smallest absolute Gasteiger partial charge is 0.133 e. The van der Waals surface area contributed by atoms with E-state index in [1.54, 1.807) is 0 Å². The first kappa shape index (κ1) is 13.8. The van der Waals surface area contributed by atoms with E-state index in [1.165, 1.54) is 25.7 Å². The fourth-order valence-electron chi connectivity index (χ4n) is 2.87. The van der Waals surface area contributed by atoms with Crippen LogP contribution in [0.1, 0.15) is 38.2 Å². The number of hydrogen-bond donors (Lipinski definition) is 1. The molecule has 0 aliphatic heterocycles. The van der Waals surface area contributed by atoms with E-state index < -0.39 is 0 Å². The Bertz CT molecular complexity index is 408. The highest BCUT2D eigenvalue weighted by molar-refractivity contribution is 9.10. The van der Waals surface area contributed by atoms with Gasteiger partial charge in [-0.15, -0.1) is 0 Å². The second-order valence-electron chi connectivity index (χ2n) is 5.38. The van der Waals surface area contributed by atoms with Crippen LogP contribution in [0.25, 0.3) is 0 Å². The summed E-state index contributed by atoms with van der Waals surface area (Å²) < 4.78 is 0.997. The average Bonchev–Trinajstić information content (AvgIpc) is 2.37. The third-order valence-corrected chi connectivity index (χ3v) is 4.35. The van der Waals surface area contributed by atoms with Crippen molar-refractivity contribution in [1.29, 1.82) is 0 Å². The second kappa shape index (κ2) is 6.02. The molecule has 2 unspecified atom stereocenters. The molecule has 18 heavy (non-hydrogen) atoms. The molecular weight excluding hydrogens is 290 g/mol. The van der Waals surface area contributed by atoms with Crippen LogP contribution in [0.15, 0.2) is 16.7 Å². The third kappa shape index (κ3) is 3.04. The van der Waals surface area contributed by atoms with Gasteiger partial charge in [-0.1, -0.05) is 19.8 Å². The molecule has 100 valence electrons. The Kier molecular flexibility index (Phi) is 4.62. The lowest BCUT2D eigenvalue weighted by Gasteiger charge is -2.35. The summed E-state index contributed by atoms with van der Waals surface area (Å²) in [6.07, 6.45) is 7.07. The van der Waals surface area contributed by atoms with Gasteiger partial charge in [0.1, 0.15) is 5.82 Å². The molecular formula is C14H22BrN3. The normalized spacial score (nSPS) is 24.0. The van der Waals surface area contributed by atoms with E-state index >= 15 is 0 Å². The van der Waals surface area contributed by atoms with Gasteiger partial charge in [-0.2, -0.15) is 0 Å². The van der Waals surface area contributed by atoms with Crippen molar-refractivity contribution in [3.05, 3.63) is 22.3 Å². The van der Waals surface area contributed by atoms with Crippen molar-refractivity contribution >= 4 is 21.7 Å². The number of hydrogen-bond acceptors (Lipinski definition) is 3. The number of nitrogens with zero attached hydrogens (tertiary/aromatic N) is 2. The summed E-state index contributed by atoms with van der Waals surface area (Å²) in [5.41, 5.74) is 6.94. The van der Waals surface area contributed by atoms with Crippen molar-refractivity contribution < 1.29 is 0 Å². The summed E-state index contributed by atoms with van der Waals surface area (Å²) in [7, 11) is 2.15. The van der Waals surface area contributed by atoms with Crippen LogP contribution in [0.4, 0.5) is 5.82 Å². The lowest BCUT2D eigenvalue weighted by atomic mass is 9.86. The number of aromatic nitrogens is 1. The third-order valence-electron chi connectivity index (χ3n) is 3.92. The summed E-state index contributed by atoms with van der Waals surface area (Å²) in [4.78, 5) is 6.87. The van der Waals surface area contributed by atoms with Crippen molar-refractivity contribution in [2.24, 2.45) is 11.7 Å². The highest BCUT2D eigenvalue weighted by Gasteiger charge is 2.24. The maximum Gasteiger partial charge on any atom is 0.133 e. The zero-order chi connectivity index (χ0) is 13.1. The first-order valence-electron chi connectivity index (χ1n) is 6.69. The predicted octanol–water partition coefficient (Wildman–Crippen LogP) is 3.32. The van der Waals surface area contributed by atoms with Crippen molar-refractivity contribution in [2.45, 2.75) is 45.2 Å². The molecule has 2 rings (SSSR count). The van der Waals surface area contributed by atoms with Gasteiger partial charge in [-0.05, 0) is 40.8 Å². The Labute approximate surface area is 118 Å². The van der Waals surface area contributed by atoms with Gasteiger partial charge in [-0.3, -0.25) is 0 Å². The molecule has 0 bridgehead atoms. The summed E-state index contributed by atoms with van der Waals surface area (Å²) >= 11 is 3.46. The highest BCUT2D eigenvalue weighted by Crippen LogP contribution is 2.30. The second-order valence-corrected chi connectivity index (χ2v) is 6.29. The topological polar surface area (TPSA) is 42.2 Å². The van der Waals surface area contributed by atoms with E-state index in [2.05, 4.69) is 45.9 Å². The molecule has 1 heterocycles. The quantitative estimate of drug-likeness (QED) is 0.931. The lowest BCUT2D eigenvalue weighted by molar-refractivity contribution is 0.335. The summed E-state index contributed by atoms with van der Waals surface area (Å²) in [6, 6.07) is 2.68. The van der Waals surface area contributed by atoms with Crippen LogP contribution in [0.5, 0.6) is 0 Å². The van der Waals surface area contributed by atoms with E-state index in [0.29, 0.717) is 12.6 Å². The van der Waals surface area contributed by atoms with Gasteiger partial charge in [0.2, 0.25) is 0 Å². The number of anilines is 1. The van der Waals surface area contributed by atoms with Crippen LogP contribution >= 0.6 is 15.9 Å². The van der Waals surface area contributed by atoms with E-state index in [0.717, 1.165) is 21.8 Å². The summed E-state index contributed by atoms with van der Waals surface area (Å²) in [6.45, 7) is 2.88. The Morgan fingerprint density at radius 1 is 1.50 bits per heavy atom. The van der Waals surface area contributed by atoms with Crippen LogP contribution < -0.4 is 10.6 Å². The zero-order valence-electron chi connectivity index (χ0n) is 11.2. The fraction of sp³-hybridized carbons (Fsp3) is 0.643. The van der Waals surface area contributed by atoms with Crippen molar-refractivity contribution in [3.8, 4) is 0 Å². The average molecular weight is 312 g/mol. The highest BCUT2D eigenvalue weighted by atomic mass is 79.9. The van der Waals surface area contributed by atoms with Crippen molar-refractivity contribution in [3.63, 3.8) is 0 Å². The molecule has 1 aliphatic carbocycles. The Morgan fingerprint density at radius 2 is 2.28 bits per heavy atom. The first-order chi connectivity index (χ1) is 8.61. The number of rotatable bonds is 3. The van der Waals surface area contributed by atoms with Gasteiger partial charge in [0.05, 0.1) is 0 Å². The van der Waals surface area contributed by atoms with Crippen LogP contribution in [0.2, 0.25) is 0 Å². The number of nitrogens with two attached hydrogens (primary N) is 1. The van der Waals surface area contributed by atoms with Gasteiger partial charge in [0.25, 0.3) is 0 Å². The van der Waals surface area contributed by atoms with Gasteiger partial charge < -0.3 is 10.6 Å². The van der Waals surface area contributed by atoms with Crippen LogP contribution in [0.3, 0.4) is 0 Å². The maximum atomic E-state index is 5.83. The Morgan fingerprint density at radius 3 is 2.94 bits per heavy atom. The zero-order valence-corrected chi connectivity index (χ0v) is 12.8. The van der Waals surface area contributed by atoms with Crippen molar-refractivity contribution in [1.82, 2.24) is 4.98 Å². The van der Waals surface area contributed by atoms with E-state index in [1.807, 2.05) is 6.20 Å². The Balaban J connectivity index is 2.19. The molecule has 1 aliphatic rings. The molecule has 2 N–H and O–H groups in total. The molecule has 2 atom stereocenters. The molecule has 0 spiro atoms. The first-order valence-corrected chi connectivity index (χ1v) is 7.48. The van der Waals surface area contributed by atoms with Crippen LogP contribution in [0, 0.1) is 5.92 Å².